The molecule has 3 N–H and O–H groups in total. The topological polar surface area (TPSA) is 89.6 Å². The molecule has 0 spiro atoms. The number of hydrogen-bond acceptors (Lipinski definition) is 5. The standard InChI is InChI=1S/C13H19NO4S/c1-13(2,3)18-12(17)11(8-4-5-19-7-8)9(14)6-10(15)16/h4-5,7,9,11H,6,14H2,1-3H3,(H,15,16)/t9-,11?/m1/s1. The Morgan fingerprint density at radius 1 is 1.47 bits per heavy atom. The van der Waals surface area contributed by atoms with Gasteiger partial charge in [0.2, 0.25) is 0 Å². The first-order valence-electron chi connectivity index (χ1n) is 5.93. The molecule has 1 aromatic rings. The molecule has 106 valence electrons. The quantitative estimate of drug-likeness (QED) is 0.807. The molecule has 0 aliphatic heterocycles. The van der Waals surface area contributed by atoms with Gasteiger partial charge in [0.15, 0.2) is 0 Å². The van der Waals surface area contributed by atoms with Crippen molar-refractivity contribution in [2.75, 3.05) is 0 Å². The first-order chi connectivity index (χ1) is 8.70. The predicted molar refractivity (Wildman–Crippen MR) is 73.1 cm³/mol. The van der Waals surface area contributed by atoms with Gasteiger partial charge in [-0.05, 0) is 43.2 Å². The predicted octanol–water partition coefficient (Wildman–Crippen LogP) is 1.98. The fourth-order valence-electron chi connectivity index (χ4n) is 1.69. The van der Waals surface area contributed by atoms with Gasteiger partial charge < -0.3 is 15.6 Å². The van der Waals surface area contributed by atoms with Crippen LogP contribution in [0.5, 0.6) is 0 Å². The van der Waals surface area contributed by atoms with Crippen molar-refractivity contribution in [2.45, 2.75) is 44.8 Å². The van der Waals surface area contributed by atoms with Crippen LogP contribution in [-0.2, 0) is 14.3 Å². The minimum absolute atomic E-state index is 0.278. The maximum Gasteiger partial charge on any atom is 0.315 e. The zero-order valence-corrected chi connectivity index (χ0v) is 12.1. The average molecular weight is 285 g/mol. The van der Waals surface area contributed by atoms with Crippen molar-refractivity contribution < 1.29 is 19.4 Å². The Hall–Kier alpha value is -1.40. The number of thiophene rings is 1. The molecule has 0 bridgehead atoms. The molecule has 0 aliphatic carbocycles. The van der Waals surface area contributed by atoms with Gasteiger partial charge >= 0.3 is 11.9 Å². The molecular formula is C13H19NO4S. The lowest BCUT2D eigenvalue weighted by Crippen LogP contribution is -2.39. The molecule has 0 aliphatic rings. The van der Waals surface area contributed by atoms with E-state index in [0.29, 0.717) is 5.56 Å². The largest absolute Gasteiger partial charge is 0.481 e. The summed E-state index contributed by atoms with van der Waals surface area (Å²) in [5.41, 5.74) is 5.92. The molecule has 0 fully saturated rings. The normalized spacial score (nSPS) is 14.7. The number of carboxylic acids is 1. The summed E-state index contributed by atoms with van der Waals surface area (Å²) < 4.78 is 5.32. The van der Waals surface area contributed by atoms with E-state index in [4.69, 9.17) is 15.6 Å². The molecular weight excluding hydrogens is 266 g/mol. The van der Waals surface area contributed by atoms with E-state index in [-0.39, 0.29) is 6.42 Å². The van der Waals surface area contributed by atoms with Crippen molar-refractivity contribution in [3.63, 3.8) is 0 Å². The van der Waals surface area contributed by atoms with Crippen LogP contribution in [0.4, 0.5) is 0 Å². The van der Waals surface area contributed by atoms with E-state index in [1.54, 1.807) is 32.2 Å². The van der Waals surface area contributed by atoms with Gasteiger partial charge in [-0.25, -0.2) is 0 Å². The number of carbonyl (C=O) groups is 2. The fraction of sp³-hybridized carbons (Fsp3) is 0.538. The van der Waals surface area contributed by atoms with Crippen LogP contribution in [-0.4, -0.2) is 28.7 Å². The smallest absolute Gasteiger partial charge is 0.315 e. The van der Waals surface area contributed by atoms with Crippen LogP contribution in [0, 0.1) is 0 Å². The average Bonchev–Trinajstić information content (AvgIpc) is 2.66. The van der Waals surface area contributed by atoms with Crippen LogP contribution in [0.2, 0.25) is 0 Å². The Morgan fingerprint density at radius 2 is 2.11 bits per heavy atom. The van der Waals surface area contributed by atoms with Gasteiger partial charge in [-0.3, -0.25) is 9.59 Å². The highest BCUT2D eigenvalue weighted by Crippen LogP contribution is 2.26. The third kappa shape index (κ3) is 5.00. The number of esters is 1. The molecule has 5 nitrogen and oxygen atoms in total. The second-order valence-corrected chi connectivity index (χ2v) is 6.11. The third-order valence-electron chi connectivity index (χ3n) is 2.40. The number of hydrogen-bond donors (Lipinski definition) is 2. The first kappa shape index (κ1) is 15.7. The highest BCUT2D eigenvalue weighted by molar-refractivity contribution is 7.08. The van der Waals surface area contributed by atoms with Crippen LogP contribution < -0.4 is 5.73 Å². The first-order valence-corrected chi connectivity index (χ1v) is 6.87. The molecule has 19 heavy (non-hydrogen) atoms. The number of carboxylic acid groups (broad SMARTS) is 1. The summed E-state index contributed by atoms with van der Waals surface area (Å²) >= 11 is 1.43. The van der Waals surface area contributed by atoms with Crippen molar-refractivity contribution in [3.05, 3.63) is 22.4 Å². The number of carbonyl (C=O) groups excluding carboxylic acids is 1. The summed E-state index contributed by atoms with van der Waals surface area (Å²) in [7, 11) is 0. The van der Waals surface area contributed by atoms with Gasteiger partial charge in [-0.2, -0.15) is 11.3 Å². The number of ether oxygens (including phenoxy) is 1. The van der Waals surface area contributed by atoms with E-state index in [1.165, 1.54) is 11.3 Å². The lowest BCUT2D eigenvalue weighted by atomic mass is 9.92. The van der Waals surface area contributed by atoms with Gasteiger partial charge in [-0.15, -0.1) is 0 Å². The lowest BCUT2D eigenvalue weighted by molar-refractivity contribution is -0.157. The summed E-state index contributed by atoms with van der Waals surface area (Å²) in [5.74, 6) is -2.27. The van der Waals surface area contributed by atoms with Crippen molar-refractivity contribution in [1.29, 1.82) is 0 Å². The highest BCUT2D eigenvalue weighted by Gasteiger charge is 2.33. The summed E-state index contributed by atoms with van der Waals surface area (Å²) in [4.78, 5) is 23.0. The van der Waals surface area contributed by atoms with Crippen LogP contribution >= 0.6 is 11.3 Å². The van der Waals surface area contributed by atoms with E-state index in [2.05, 4.69) is 0 Å². The van der Waals surface area contributed by atoms with Gasteiger partial charge in [0.25, 0.3) is 0 Å². The van der Waals surface area contributed by atoms with Gasteiger partial charge in [0.1, 0.15) is 5.60 Å². The monoisotopic (exact) mass is 285 g/mol. The molecule has 0 saturated heterocycles. The molecule has 1 unspecified atom stereocenters. The Bertz CT molecular complexity index is 436. The molecule has 0 radical (unpaired) electrons. The maximum atomic E-state index is 12.2. The lowest BCUT2D eigenvalue weighted by Gasteiger charge is -2.26. The Labute approximate surface area is 116 Å². The second-order valence-electron chi connectivity index (χ2n) is 5.33. The van der Waals surface area contributed by atoms with E-state index in [1.807, 2.05) is 5.38 Å². The van der Waals surface area contributed by atoms with Gasteiger partial charge in [0.05, 0.1) is 12.3 Å². The van der Waals surface area contributed by atoms with Crippen LogP contribution in [0.1, 0.15) is 38.7 Å². The van der Waals surface area contributed by atoms with E-state index in [0.717, 1.165) is 0 Å². The molecule has 0 saturated carbocycles. The molecule has 1 aromatic heterocycles. The summed E-state index contributed by atoms with van der Waals surface area (Å²) in [6.45, 7) is 5.29. The number of nitrogens with two attached hydrogens (primary N) is 1. The maximum absolute atomic E-state index is 12.2. The summed E-state index contributed by atoms with van der Waals surface area (Å²) in [6, 6.07) is 0.961. The zero-order valence-electron chi connectivity index (χ0n) is 11.3. The second kappa shape index (κ2) is 6.16. The minimum Gasteiger partial charge on any atom is -0.481 e. The van der Waals surface area contributed by atoms with Crippen LogP contribution in [0.15, 0.2) is 16.8 Å². The van der Waals surface area contributed by atoms with Crippen LogP contribution in [0.25, 0.3) is 0 Å². The van der Waals surface area contributed by atoms with E-state index < -0.39 is 29.5 Å². The SMILES string of the molecule is CC(C)(C)OC(=O)C(c1ccsc1)[C@H](N)CC(=O)O. The van der Waals surface area contributed by atoms with E-state index >= 15 is 0 Å². The minimum atomic E-state index is -1.03. The molecule has 0 amide bonds. The molecule has 1 heterocycles. The molecule has 6 heteroatoms. The Morgan fingerprint density at radius 3 is 2.53 bits per heavy atom. The summed E-state index contributed by atoms with van der Waals surface area (Å²) in [5, 5.41) is 12.4. The number of rotatable bonds is 5. The van der Waals surface area contributed by atoms with Crippen molar-refractivity contribution >= 4 is 23.3 Å². The van der Waals surface area contributed by atoms with Gasteiger partial charge in [-0.1, -0.05) is 0 Å². The Balaban J connectivity index is 2.93. The van der Waals surface area contributed by atoms with Crippen molar-refractivity contribution in [1.82, 2.24) is 0 Å². The molecule has 2 atom stereocenters. The van der Waals surface area contributed by atoms with Gasteiger partial charge in [0, 0.05) is 6.04 Å². The molecule has 1 rings (SSSR count). The van der Waals surface area contributed by atoms with Crippen molar-refractivity contribution in [2.24, 2.45) is 5.73 Å². The van der Waals surface area contributed by atoms with Crippen molar-refractivity contribution in [3.8, 4) is 0 Å². The zero-order chi connectivity index (χ0) is 14.6. The number of aliphatic carboxylic acids is 1. The van der Waals surface area contributed by atoms with E-state index in [9.17, 15) is 9.59 Å². The third-order valence-corrected chi connectivity index (χ3v) is 3.10. The fourth-order valence-corrected chi connectivity index (χ4v) is 2.39. The highest BCUT2D eigenvalue weighted by atomic mass is 32.1. The molecule has 0 aromatic carbocycles. The Kier molecular flexibility index (Phi) is 5.08. The summed E-state index contributed by atoms with van der Waals surface area (Å²) in [6.07, 6.45) is -0.278. The van der Waals surface area contributed by atoms with Crippen LogP contribution in [0.3, 0.4) is 0 Å².